The van der Waals surface area contributed by atoms with Gasteiger partial charge in [0.25, 0.3) is 5.91 Å². The maximum atomic E-state index is 12.6. The first-order chi connectivity index (χ1) is 7.84. The van der Waals surface area contributed by atoms with Crippen LogP contribution in [0.15, 0.2) is 24.3 Å². The molecule has 1 aromatic rings. The Morgan fingerprint density at radius 1 is 1.35 bits per heavy atom. The summed E-state index contributed by atoms with van der Waals surface area (Å²) in [5.74, 6) is -0.743. The number of amides is 1. The third-order valence-electron chi connectivity index (χ3n) is 2.79. The van der Waals surface area contributed by atoms with Gasteiger partial charge in [-0.15, -0.1) is 0 Å². The van der Waals surface area contributed by atoms with Crippen molar-refractivity contribution in [3.05, 3.63) is 29.8 Å². The van der Waals surface area contributed by atoms with Crippen molar-refractivity contribution in [1.82, 2.24) is 5.32 Å². The van der Waals surface area contributed by atoms with Crippen LogP contribution in [0.2, 0.25) is 0 Å². The third kappa shape index (κ3) is 2.20. The molecule has 0 aliphatic heterocycles. The molecule has 0 atom stereocenters. The minimum Gasteiger partial charge on any atom is -0.399 e. The maximum Gasteiger partial charge on any atom is 0.411 e. The molecule has 1 aliphatic rings. The van der Waals surface area contributed by atoms with Gasteiger partial charge < -0.3 is 11.1 Å². The minimum atomic E-state index is -4.40. The predicted molar refractivity (Wildman–Crippen MR) is 56.3 cm³/mol. The molecule has 0 saturated heterocycles. The topological polar surface area (TPSA) is 55.1 Å². The number of hydrogen-bond acceptors (Lipinski definition) is 2. The molecule has 1 fully saturated rings. The van der Waals surface area contributed by atoms with E-state index in [2.05, 4.69) is 0 Å². The number of anilines is 1. The highest BCUT2D eigenvalue weighted by Gasteiger charge is 2.64. The maximum absolute atomic E-state index is 12.6. The number of benzene rings is 1. The molecule has 3 N–H and O–H groups in total. The van der Waals surface area contributed by atoms with E-state index in [-0.39, 0.29) is 18.4 Å². The molecular weight excluding hydrogens is 233 g/mol. The molecule has 1 aliphatic carbocycles. The van der Waals surface area contributed by atoms with Gasteiger partial charge in [0.2, 0.25) is 0 Å². The van der Waals surface area contributed by atoms with Crippen LogP contribution in [0.5, 0.6) is 0 Å². The second kappa shape index (κ2) is 3.65. The van der Waals surface area contributed by atoms with E-state index in [0.717, 1.165) is 0 Å². The van der Waals surface area contributed by atoms with Gasteiger partial charge in [0, 0.05) is 11.3 Å². The molecule has 0 bridgehead atoms. The summed E-state index contributed by atoms with van der Waals surface area (Å²) in [5, 5.41) is 2.03. The van der Waals surface area contributed by atoms with E-state index in [1.807, 2.05) is 5.32 Å². The van der Waals surface area contributed by atoms with E-state index < -0.39 is 17.6 Å². The van der Waals surface area contributed by atoms with Crippen molar-refractivity contribution in [2.45, 2.75) is 24.6 Å². The van der Waals surface area contributed by atoms with Crippen LogP contribution in [0.4, 0.5) is 18.9 Å². The molecule has 0 heterocycles. The third-order valence-corrected chi connectivity index (χ3v) is 2.79. The molecule has 0 aromatic heterocycles. The molecule has 1 aromatic carbocycles. The number of carbonyl (C=O) groups excluding carboxylic acids is 1. The second-order valence-electron chi connectivity index (χ2n) is 4.16. The lowest BCUT2D eigenvalue weighted by atomic mass is 10.1. The largest absolute Gasteiger partial charge is 0.411 e. The van der Waals surface area contributed by atoms with Crippen molar-refractivity contribution >= 4 is 11.6 Å². The van der Waals surface area contributed by atoms with Gasteiger partial charge in [0.1, 0.15) is 5.54 Å². The van der Waals surface area contributed by atoms with E-state index in [1.165, 1.54) is 18.2 Å². The van der Waals surface area contributed by atoms with E-state index in [4.69, 9.17) is 5.73 Å². The molecule has 2 rings (SSSR count). The van der Waals surface area contributed by atoms with Crippen LogP contribution < -0.4 is 11.1 Å². The van der Waals surface area contributed by atoms with E-state index in [9.17, 15) is 18.0 Å². The zero-order valence-corrected chi connectivity index (χ0v) is 8.84. The van der Waals surface area contributed by atoms with Gasteiger partial charge in [-0.25, -0.2) is 0 Å². The highest BCUT2D eigenvalue weighted by atomic mass is 19.4. The monoisotopic (exact) mass is 244 g/mol. The first-order valence-corrected chi connectivity index (χ1v) is 5.09. The van der Waals surface area contributed by atoms with Crippen LogP contribution in [-0.2, 0) is 0 Å². The summed E-state index contributed by atoms with van der Waals surface area (Å²) in [7, 11) is 0. The standard InChI is InChI=1S/C11H11F3N2O/c12-11(13,14)10(4-5-10)16-9(17)7-2-1-3-8(15)6-7/h1-3,6H,4-5,15H2,(H,16,17). The number of hydrogen-bond donors (Lipinski definition) is 2. The Hall–Kier alpha value is -1.72. The average molecular weight is 244 g/mol. The lowest BCUT2D eigenvalue weighted by Crippen LogP contribution is -2.47. The molecule has 1 amide bonds. The zero-order chi connectivity index (χ0) is 12.7. The molecule has 0 radical (unpaired) electrons. The molecule has 3 nitrogen and oxygen atoms in total. The Labute approximate surface area is 95.8 Å². The van der Waals surface area contributed by atoms with Gasteiger partial charge in [-0.1, -0.05) is 6.07 Å². The van der Waals surface area contributed by atoms with Crippen LogP contribution in [0, 0.1) is 0 Å². The van der Waals surface area contributed by atoms with Crippen molar-refractivity contribution in [3.8, 4) is 0 Å². The van der Waals surface area contributed by atoms with Crippen molar-refractivity contribution < 1.29 is 18.0 Å². The Bertz CT molecular complexity index is 452. The number of carbonyl (C=O) groups is 1. The van der Waals surface area contributed by atoms with Crippen LogP contribution in [0.3, 0.4) is 0 Å². The molecule has 0 unspecified atom stereocenters. The number of nitrogens with one attached hydrogen (secondary N) is 1. The van der Waals surface area contributed by atoms with Gasteiger partial charge >= 0.3 is 6.18 Å². The smallest absolute Gasteiger partial charge is 0.399 e. The lowest BCUT2D eigenvalue weighted by Gasteiger charge is -2.20. The van der Waals surface area contributed by atoms with Gasteiger partial charge in [-0.2, -0.15) is 13.2 Å². The van der Waals surface area contributed by atoms with Crippen molar-refractivity contribution in [2.75, 3.05) is 5.73 Å². The summed E-state index contributed by atoms with van der Waals surface area (Å²) in [4.78, 5) is 11.6. The summed E-state index contributed by atoms with van der Waals surface area (Å²) in [6.45, 7) is 0. The fourth-order valence-electron chi connectivity index (χ4n) is 1.57. The first-order valence-electron chi connectivity index (χ1n) is 5.09. The molecule has 0 spiro atoms. The molecule has 1 saturated carbocycles. The number of nitrogens with two attached hydrogens (primary N) is 1. The lowest BCUT2D eigenvalue weighted by molar-refractivity contribution is -0.163. The average Bonchev–Trinajstić information content (AvgIpc) is 2.98. The van der Waals surface area contributed by atoms with Crippen molar-refractivity contribution in [3.63, 3.8) is 0 Å². The summed E-state index contributed by atoms with van der Waals surface area (Å²) in [6.07, 6.45) is -4.53. The normalized spacial score (nSPS) is 17.6. The predicted octanol–water partition coefficient (Wildman–Crippen LogP) is 2.09. The number of halogens is 3. The van der Waals surface area contributed by atoms with Gasteiger partial charge in [0.15, 0.2) is 0 Å². The first kappa shape index (κ1) is 11.8. The Kier molecular flexibility index (Phi) is 2.52. The van der Waals surface area contributed by atoms with E-state index >= 15 is 0 Å². The van der Waals surface area contributed by atoms with Gasteiger partial charge in [-0.3, -0.25) is 4.79 Å². The van der Waals surface area contributed by atoms with Gasteiger partial charge in [-0.05, 0) is 31.0 Å². The Morgan fingerprint density at radius 2 is 2.00 bits per heavy atom. The van der Waals surface area contributed by atoms with Crippen molar-refractivity contribution in [2.24, 2.45) is 0 Å². The van der Waals surface area contributed by atoms with Crippen molar-refractivity contribution in [1.29, 1.82) is 0 Å². The Balaban J connectivity index is 2.13. The summed E-state index contributed by atoms with van der Waals surface area (Å²) >= 11 is 0. The fraction of sp³-hybridized carbons (Fsp3) is 0.364. The summed E-state index contributed by atoms with van der Waals surface area (Å²) < 4.78 is 37.8. The highest BCUT2D eigenvalue weighted by Crippen LogP contribution is 2.49. The SMILES string of the molecule is Nc1cccc(C(=O)NC2(C(F)(F)F)CC2)c1. The quantitative estimate of drug-likeness (QED) is 0.783. The molecular formula is C11H11F3N2O. The van der Waals surface area contributed by atoms with E-state index in [0.29, 0.717) is 5.69 Å². The van der Waals surface area contributed by atoms with Gasteiger partial charge in [0.05, 0.1) is 0 Å². The molecule has 92 valence electrons. The molecule has 6 heteroatoms. The number of alkyl halides is 3. The fourth-order valence-corrected chi connectivity index (χ4v) is 1.57. The van der Waals surface area contributed by atoms with Crippen LogP contribution in [-0.4, -0.2) is 17.6 Å². The minimum absolute atomic E-state index is 0.0649. The summed E-state index contributed by atoms with van der Waals surface area (Å²) in [6, 6.07) is 5.87. The zero-order valence-electron chi connectivity index (χ0n) is 8.84. The Morgan fingerprint density at radius 3 is 2.47 bits per heavy atom. The number of rotatable bonds is 2. The summed E-state index contributed by atoms with van der Waals surface area (Å²) in [5.41, 5.74) is 3.91. The van der Waals surface area contributed by atoms with Crippen LogP contribution in [0.25, 0.3) is 0 Å². The number of nitrogen functional groups attached to an aromatic ring is 1. The molecule has 17 heavy (non-hydrogen) atoms. The van der Waals surface area contributed by atoms with Crippen LogP contribution in [0.1, 0.15) is 23.2 Å². The van der Waals surface area contributed by atoms with Crippen LogP contribution >= 0.6 is 0 Å². The second-order valence-corrected chi connectivity index (χ2v) is 4.16. The highest BCUT2D eigenvalue weighted by molar-refractivity contribution is 5.95. The van der Waals surface area contributed by atoms with E-state index in [1.54, 1.807) is 6.07 Å².